The van der Waals surface area contributed by atoms with E-state index >= 15 is 0 Å². The summed E-state index contributed by atoms with van der Waals surface area (Å²) < 4.78 is 0. The third-order valence-electron chi connectivity index (χ3n) is 2.79. The van der Waals surface area contributed by atoms with E-state index in [0.717, 1.165) is 11.8 Å². The largest absolute Gasteiger partial charge is 0.317 e. The van der Waals surface area contributed by atoms with Gasteiger partial charge in [-0.05, 0) is 57.3 Å². The number of hydrogen-bond donors (Lipinski definition) is 2. The molecule has 1 rings (SSSR count). The normalized spacial score (nSPS) is 19.6. The maximum Gasteiger partial charge on any atom is -0.00196 e. The highest BCUT2D eigenvalue weighted by molar-refractivity contribution is 4.70. The van der Waals surface area contributed by atoms with Crippen LogP contribution in [0.2, 0.25) is 0 Å². The first kappa shape index (κ1) is 11.0. The van der Waals surface area contributed by atoms with Gasteiger partial charge in [0.05, 0.1) is 0 Å². The van der Waals surface area contributed by atoms with E-state index in [9.17, 15) is 0 Å². The maximum absolute atomic E-state index is 3.56. The molecule has 1 aliphatic heterocycles. The first-order chi connectivity index (χ1) is 6.29. The molecule has 0 spiro atoms. The van der Waals surface area contributed by atoms with Gasteiger partial charge >= 0.3 is 0 Å². The molecule has 2 heteroatoms. The van der Waals surface area contributed by atoms with E-state index in [-0.39, 0.29) is 0 Å². The average molecular weight is 184 g/mol. The fourth-order valence-electron chi connectivity index (χ4n) is 1.78. The zero-order valence-corrected chi connectivity index (χ0v) is 9.10. The van der Waals surface area contributed by atoms with Crippen molar-refractivity contribution in [2.24, 2.45) is 11.8 Å². The van der Waals surface area contributed by atoms with E-state index in [0.29, 0.717) is 0 Å². The summed E-state index contributed by atoms with van der Waals surface area (Å²) in [6, 6.07) is 0. The van der Waals surface area contributed by atoms with Gasteiger partial charge in [-0.25, -0.2) is 0 Å². The van der Waals surface area contributed by atoms with E-state index in [1.54, 1.807) is 0 Å². The van der Waals surface area contributed by atoms with Crippen molar-refractivity contribution >= 4 is 0 Å². The number of nitrogens with one attached hydrogen (secondary N) is 2. The van der Waals surface area contributed by atoms with Crippen LogP contribution in [0.15, 0.2) is 0 Å². The molecule has 2 nitrogen and oxygen atoms in total. The summed E-state index contributed by atoms with van der Waals surface area (Å²) in [5.41, 5.74) is 0. The van der Waals surface area contributed by atoms with Crippen LogP contribution >= 0.6 is 0 Å². The lowest BCUT2D eigenvalue weighted by atomic mass is 9.98. The van der Waals surface area contributed by atoms with Gasteiger partial charge in [-0.1, -0.05) is 13.8 Å². The Balaban J connectivity index is 1.92. The lowest BCUT2D eigenvalue weighted by molar-refractivity contribution is 0.353. The highest BCUT2D eigenvalue weighted by Crippen LogP contribution is 2.09. The summed E-state index contributed by atoms with van der Waals surface area (Å²) in [5, 5.41) is 6.95. The van der Waals surface area contributed by atoms with Crippen molar-refractivity contribution in [2.75, 3.05) is 26.2 Å². The molecule has 1 aliphatic rings. The molecular weight excluding hydrogens is 160 g/mol. The Morgan fingerprint density at radius 3 is 2.62 bits per heavy atom. The van der Waals surface area contributed by atoms with Crippen molar-refractivity contribution in [1.29, 1.82) is 0 Å². The summed E-state index contributed by atoms with van der Waals surface area (Å²) in [5.74, 6) is 1.76. The predicted molar refractivity (Wildman–Crippen MR) is 57.9 cm³/mol. The smallest absolute Gasteiger partial charge is 0.00196 e. The van der Waals surface area contributed by atoms with Crippen molar-refractivity contribution in [3.05, 3.63) is 0 Å². The number of rotatable bonds is 5. The number of hydrogen-bond acceptors (Lipinski definition) is 2. The molecule has 0 unspecified atom stereocenters. The molecule has 0 atom stereocenters. The second-order valence-electron chi connectivity index (χ2n) is 4.58. The van der Waals surface area contributed by atoms with Gasteiger partial charge in [0, 0.05) is 0 Å². The van der Waals surface area contributed by atoms with Crippen LogP contribution < -0.4 is 10.6 Å². The van der Waals surface area contributed by atoms with Crippen LogP contribution in [0, 0.1) is 11.8 Å². The molecule has 1 heterocycles. The van der Waals surface area contributed by atoms with Gasteiger partial charge in [-0.2, -0.15) is 0 Å². The van der Waals surface area contributed by atoms with Crippen molar-refractivity contribution in [2.45, 2.75) is 33.1 Å². The Kier molecular flexibility index (Phi) is 5.40. The molecule has 2 N–H and O–H groups in total. The second kappa shape index (κ2) is 6.39. The molecule has 0 aromatic carbocycles. The van der Waals surface area contributed by atoms with Crippen LogP contribution in [-0.4, -0.2) is 26.2 Å². The van der Waals surface area contributed by atoms with Crippen LogP contribution in [0.3, 0.4) is 0 Å². The lowest BCUT2D eigenvalue weighted by Crippen LogP contribution is -2.34. The van der Waals surface area contributed by atoms with E-state index in [4.69, 9.17) is 0 Å². The molecule has 0 radical (unpaired) electrons. The summed E-state index contributed by atoms with van der Waals surface area (Å²) in [7, 11) is 0. The second-order valence-corrected chi connectivity index (χ2v) is 4.58. The van der Waals surface area contributed by atoms with Gasteiger partial charge in [-0.3, -0.25) is 0 Å². The quantitative estimate of drug-likeness (QED) is 0.635. The Morgan fingerprint density at radius 2 is 2.00 bits per heavy atom. The van der Waals surface area contributed by atoms with Crippen LogP contribution in [0.5, 0.6) is 0 Å². The maximum atomic E-state index is 3.56. The Hall–Kier alpha value is -0.0800. The van der Waals surface area contributed by atoms with Crippen LogP contribution in [-0.2, 0) is 0 Å². The zero-order valence-electron chi connectivity index (χ0n) is 9.10. The third kappa shape index (κ3) is 5.27. The monoisotopic (exact) mass is 184 g/mol. The van der Waals surface area contributed by atoms with Crippen LogP contribution in [0.4, 0.5) is 0 Å². The lowest BCUT2D eigenvalue weighted by Gasteiger charge is -2.22. The minimum Gasteiger partial charge on any atom is -0.317 e. The highest BCUT2D eigenvalue weighted by Gasteiger charge is 2.11. The molecule has 0 aliphatic carbocycles. The van der Waals surface area contributed by atoms with Gasteiger partial charge in [-0.15, -0.1) is 0 Å². The minimum atomic E-state index is 0.834. The molecule has 13 heavy (non-hydrogen) atoms. The minimum absolute atomic E-state index is 0.834. The SMILES string of the molecule is CC(C)CCNCC1CCNCC1. The van der Waals surface area contributed by atoms with Gasteiger partial charge in [0.2, 0.25) is 0 Å². The van der Waals surface area contributed by atoms with Gasteiger partial charge in [0.25, 0.3) is 0 Å². The molecule has 0 saturated carbocycles. The van der Waals surface area contributed by atoms with E-state index in [1.807, 2.05) is 0 Å². The Bertz CT molecular complexity index is 117. The standard InChI is InChI=1S/C11H24N2/c1-10(2)3-6-13-9-11-4-7-12-8-5-11/h10-13H,3-9H2,1-2H3. The van der Waals surface area contributed by atoms with Crippen LogP contribution in [0.25, 0.3) is 0 Å². The van der Waals surface area contributed by atoms with Gasteiger partial charge < -0.3 is 10.6 Å². The van der Waals surface area contributed by atoms with Crippen molar-refractivity contribution in [3.8, 4) is 0 Å². The topological polar surface area (TPSA) is 24.1 Å². The van der Waals surface area contributed by atoms with E-state index < -0.39 is 0 Å². The van der Waals surface area contributed by atoms with Crippen molar-refractivity contribution in [3.63, 3.8) is 0 Å². The summed E-state index contributed by atoms with van der Waals surface area (Å²) >= 11 is 0. The molecule has 1 saturated heterocycles. The molecule has 0 aromatic rings. The first-order valence-electron chi connectivity index (χ1n) is 5.70. The third-order valence-corrected chi connectivity index (χ3v) is 2.79. The summed E-state index contributed by atoms with van der Waals surface area (Å²) in [6.07, 6.45) is 4.02. The first-order valence-corrected chi connectivity index (χ1v) is 5.70. The van der Waals surface area contributed by atoms with Crippen LogP contribution in [0.1, 0.15) is 33.1 Å². The predicted octanol–water partition coefficient (Wildman–Crippen LogP) is 1.62. The molecule has 78 valence electrons. The average Bonchev–Trinajstić information content (AvgIpc) is 2.14. The summed E-state index contributed by atoms with van der Waals surface area (Å²) in [4.78, 5) is 0. The molecule has 0 bridgehead atoms. The molecule has 0 amide bonds. The van der Waals surface area contributed by atoms with Crippen molar-refractivity contribution in [1.82, 2.24) is 10.6 Å². The number of piperidine rings is 1. The van der Waals surface area contributed by atoms with Gasteiger partial charge in [0.1, 0.15) is 0 Å². The highest BCUT2D eigenvalue weighted by atomic mass is 14.9. The summed E-state index contributed by atoms with van der Waals surface area (Å²) in [6.45, 7) is 9.43. The van der Waals surface area contributed by atoms with Crippen molar-refractivity contribution < 1.29 is 0 Å². The molecule has 1 fully saturated rings. The van der Waals surface area contributed by atoms with Gasteiger partial charge in [0.15, 0.2) is 0 Å². The fourth-order valence-corrected chi connectivity index (χ4v) is 1.78. The fraction of sp³-hybridized carbons (Fsp3) is 1.00. The molecule has 0 aromatic heterocycles. The Labute approximate surface area is 82.5 Å². The van der Waals surface area contributed by atoms with E-state index in [2.05, 4.69) is 24.5 Å². The van der Waals surface area contributed by atoms with E-state index in [1.165, 1.54) is 45.4 Å². The zero-order chi connectivity index (χ0) is 9.52. The Morgan fingerprint density at radius 1 is 1.31 bits per heavy atom. The molecular formula is C11H24N2.